The van der Waals surface area contributed by atoms with E-state index in [0.29, 0.717) is 11.4 Å². The highest BCUT2D eigenvalue weighted by atomic mass is 16.5. The SMILES string of the molecule is CCc1cccc(CC)c1NC(=O)COC(=O)[C@@H]1CC(=O)N(c2ccc(OC)cc2)C1. The maximum Gasteiger partial charge on any atom is 0.311 e. The summed E-state index contributed by atoms with van der Waals surface area (Å²) in [5.74, 6) is -0.995. The molecule has 7 nitrogen and oxygen atoms in total. The van der Waals surface area contributed by atoms with Gasteiger partial charge in [-0.05, 0) is 48.2 Å². The zero-order valence-electron chi connectivity index (χ0n) is 18.1. The van der Waals surface area contributed by atoms with Crippen molar-refractivity contribution in [2.24, 2.45) is 5.92 Å². The number of ether oxygens (including phenoxy) is 2. The molecule has 1 aliphatic rings. The lowest BCUT2D eigenvalue weighted by Crippen LogP contribution is -2.28. The van der Waals surface area contributed by atoms with Crippen LogP contribution in [-0.2, 0) is 32.0 Å². The molecule has 1 saturated heterocycles. The topological polar surface area (TPSA) is 84.9 Å². The Morgan fingerprint density at radius 1 is 1.06 bits per heavy atom. The van der Waals surface area contributed by atoms with Gasteiger partial charge in [0.25, 0.3) is 5.91 Å². The minimum absolute atomic E-state index is 0.0606. The number of methoxy groups -OCH3 is 1. The summed E-state index contributed by atoms with van der Waals surface area (Å²) in [6, 6.07) is 13.0. The number of nitrogens with zero attached hydrogens (tertiary/aromatic N) is 1. The first kappa shape index (κ1) is 22.3. The van der Waals surface area contributed by atoms with Gasteiger partial charge in [-0.25, -0.2) is 0 Å². The first-order valence-electron chi connectivity index (χ1n) is 10.5. The van der Waals surface area contributed by atoms with Crippen LogP contribution in [0.15, 0.2) is 42.5 Å². The van der Waals surface area contributed by atoms with Gasteiger partial charge in [0.05, 0.1) is 13.0 Å². The second-order valence-electron chi connectivity index (χ2n) is 7.42. The monoisotopic (exact) mass is 424 g/mol. The molecule has 0 aromatic heterocycles. The van der Waals surface area contributed by atoms with E-state index < -0.39 is 11.9 Å². The minimum Gasteiger partial charge on any atom is -0.497 e. The van der Waals surface area contributed by atoms with Crippen LogP contribution < -0.4 is 15.0 Å². The van der Waals surface area contributed by atoms with Gasteiger partial charge < -0.3 is 19.7 Å². The number of benzene rings is 2. The van der Waals surface area contributed by atoms with Crippen molar-refractivity contribution >= 4 is 29.2 Å². The summed E-state index contributed by atoms with van der Waals surface area (Å²) in [7, 11) is 1.57. The predicted octanol–water partition coefficient (Wildman–Crippen LogP) is 3.35. The Morgan fingerprint density at radius 2 is 1.71 bits per heavy atom. The highest BCUT2D eigenvalue weighted by Gasteiger charge is 2.36. The summed E-state index contributed by atoms with van der Waals surface area (Å²) >= 11 is 0. The maximum atomic E-state index is 12.5. The Bertz CT molecular complexity index is 933. The Morgan fingerprint density at radius 3 is 2.29 bits per heavy atom. The van der Waals surface area contributed by atoms with Crippen molar-refractivity contribution < 1.29 is 23.9 Å². The van der Waals surface area contributed by atoms with Gasteiger partial charge in [-0.15, -0.1) is 0 Å². The summed E-state index contributed by atoms with van der Waals surface area (Å²) in [6.45, 7) is 3.89. The van der Waals surface area contributed by atoms with Crippen molar-refractivity contribution in [2.45, 2.75) is 33.1 Å². The third kappa shape index (κ3) is 5.23. The molecule has 2 aromatic rings. The van der Waals surface area contributed by atoms with E-state index in [0.717, 1.165) is 29.7 Å². The lowest BCUT2D eigenvalue weighted by Gasteiger charge is -2.17. The molecule has 164 valence electrons. The Balaban J connectivity index is 1.56. The lowest BCUT2D eigenvalue weighted by molar-refractivity contribution is -0.151. The fourth-order valence-electron chi connectivity index (χ4n) is 3.71. The Kier molecular flexibility index (Phi) is 7.28. The molecule has 3 rings (SSSR count). The van der Waals surface area contributed by atoms with E-state index in [1.807, 2.05) is 32.0 Å². The first-order chi connectivity index (χ1) is 15.0. The van der Waals surface area contributed by atoms with Crippen LogP contribution in [0.25, 0.3) is 0 Å². The van der Waals surface area contributed by atoms with Crippen LogP contribution in [0, 0.1) is 5.92 Å². The van der Waals surface area contributed by atoms with E-state index in [9.17, 15) is 14.4 Å². The normalized spacial score (nSPS) is 15.6. The van der Waals surface area contributed by atoms with E-state index in [1.54, 1.807) is 36.3 Å². The average molecular weight is 424 g/mol. The molecule has 0 bridgehead atoms. The Hall–Kier alpha value is -3.35. The molecular formula is C24H28N2O5. The van der Waals surface area contributed by atoms with E-state index in [-0.39, 0.29) is 31.4 Å². The maximum absolute atomic E-state index is 12.5. The second kappa shape index (κ2) is 10.1. The van der Waals surface area contributed by atoms with E-state index >= 15 is 0 Å². The molecule has 1 aliphatic heterocycles. The van der Waals surface area contributed by atoms with Gasteiger partial charge in [0.1, 0.15) is 5.75 Å². The van der Waals surface area contributed by atoms with E-state index in [1.165, 1.54) is 0 Å². The molecule has 1 atom stereocenters. The number of para-hydroxylation sites is 1. The molecule has 0 aliphatic carbocycles. The molecule has 0 saturated carbocycles. The van der Waals surface area contributed by atoms with Gasteiger partial charge in [-0.2, -0.15) is 0 Å². The molecule has 1 fully saturated rings. The standard InChI is InChI=1S/C24H28N2O5/c1-4-16-7-6-8-17(5-2)23(16)25-21(27)15-31-24(29)18-13-22(28)26(14-18)19-9-11-20(30-3)12-10-19/h6-12,18H,4-5,13-15H2,1-3H3,(H,25,27)/t18-/m1/s1. The molecule has 2 aromatic carbocycles. The van der Waals surface area contributed by atoms with Gasteiger partial charge in [0.2, 0.25) is 5.91 Å². The van der Waals surface area contributed by atoms with Gasteiger partial charge in [-0.3, -0.25) is 14.4 Å². The zero-order valence-corrected chi connectivity index (χ0v) is 18.1. The van der Waals surface area contributed by atoms with Crippen molar-refractivity contribution in [2.75, 3.05) is 30.5 Å². The van der Waals surface area contributed by atoms with Crippen LogP contribution in [0.2, 0.25) is 0 Å². The number of carbonyl (C=O) groups excluding carboxylic acids is 3. The van der Waals surface area contributed by atoms with Crippen molar-refractivity contribution in [3.05, 3.63) is 53.6 Å². The second-order valence-corrected chi connectivity index (χ2v) is 7.42. The number of hydrogen-bond acceptors (Lipinski definition) is 5. The summed E-state index contributed by atoms with van der Waals surface area (Å²) in [5.41, 5.74) is 3.56. The van der Waals surface area contributed by atoms with E-state index in [2.05, 4.69) is 5.32 Å². The molecule has 1 N–H and O–H groups in total. The zero-order chi connectivity index (χ0) is 22.4. The van der Waals surface area contributed by atoms with Gasteiger partial charge in [0, 0.05) is 24.3 Å². The molecule has 2 amide bonds. The third-order valence-corrected chi connectivity index (χ3v) is 5.45. The number of rotatable bonds is 8. The van der Waals surface area contributed by atoms with Crippen LogP contribution >= 0.6 is 0 Å². The highest BCUT2D eigenvalue weighted by Crippen LogP contribution is 2.27. The van der Waals surface area contributed by atoms with Crippen molar-refractivity contribution in [1.82, 2.24) is 0 Å². The smallest absolute Gasteiger partial charge is 0.311 e. The largest absolute Gasteiger partial charge is 0.497 e. The molecule has 7 heteroatoms. The van der Waals surface area contributed by atoms with Gasteiger partial charge in [0.15, 0.2) is 6.61 Å². The van der Waals surface area contributed by atoms with Crippen molar-refractivity contribution in [3.63, 3.8) is 0 Å². The molecule has 0 unspecified atom stereocenters. The Labute approximate surface area is 182 Å². The molecule has 1 heterocycles. The fraction of sp³-hybridized carbons (Fsp3) is 0.375. The third-order valence-electron chi connectivity index (χ3n) is 5.45. The van der Waals surface area contributed by atoms with Crippen LogP contribution in [0.1, 0.15) is 31.4 Å². The predicted molar refractivity (Wildman–Crippen MR) is 118 cm³/mol. The van der Waals surface area contributed by atoms with Crippen LogP contribution in [0.3, 0.4) is 0 Å². The molecular weight excluding hydrogens is 396 g/mol. The molecule has 0 spiro atoms. The quantitative estimate of drug-likeness (QED) is 0.657. The number of anilines is 2. The van der Waals surface area contributed by atoms with Gasteiger partial charge in [-0.1, -0.05) is 32.0 Å². The number of hydrogen-bond donors (Lipinski definition) is 1. The number of nitrogens with one attached hydrogen (secondary N) is 1. The number of aryl methyl sites for hydroxylation is 2. The summed E-state index contributed by atoms with van der Waals surface area (Å²) in [4.78, 5) is 38.8. The molecule has 31 heavy (non-hydrogen) atoms. The number of carbonyl (C=O) groups is 3. The summed E-state index contributed by atoms with van der Waals surface area (Å²) < 4.78 is 10.4. The first-order valence-corrected chi connectivity index (χ1v) is 10.5. The van der Waals surface area contributed by atoms with Crippen LogP contribution in [0.4, 0.5) is 11.4 Å². The van der Waals surface area contributed by atoms with E-state index in [4.69, 9.17) is 9.47 Å². The van der Waals surface area contributed by atoms with Crippen LogP contribution in [-0.4, -0.2) is 38.0 Å². The van der Waals surface area contributed by atoms with Crippen molar-refractivity contribution in [3.8, 4) is 5.75 Å². The summed E-state index contributed by atoms with van der Waals surface area (Å²) in [5, 5.41) is 2.88. The molecule has 0 radical (unpaired) electrons. The minimum atomic E-state index is -0.600. The van der Waals surface area contributed by atoms with Gasteiger partial charge >= 0.3 is 5.97 Å². The highest BCUT2D eigenvalue weighted by molar-refractivity contribution is 6.00. The number of esters is 1. The van der Waals surface area contributed by atoms with Crippen molar-refractivity contribution in [1.29, 1.82) is 0 Å². The lowest BCUT2D eigenvalue weighted by atomic mass is 10.0. The fourth-order valence-corrected chi connectivity index (χ4v) is 3.71. The number of amides is 2. The summed E-state index contributed by atoms with van der Waals surface area (Å²) in [6.07, 6.45) is 1.63. The average Bonchev–Trinajstić information content (AvgIpc) is 3.19. The van der Waals surface area contributed by atoms with Crippen LogP contribution in [0.5, 0.6) is 5.75 Å².